The van der Waals surface area contributed by atoms with Crippen LogP contribution in [0.5, 0.6) is 0 Å². The van der Waals surface area contributed by atoms with E-state index in [0.29, 0.717) is 22.0 Å². The lowest BCUT2D eigenvalue weighted by atomic mass is 10.3. The largest absolute Gasteiger partial charge is 0.398 e. The highest BCUT2D eigenvalue weighted by Crippen LogP contribution is 2.23. The molecule has 2 unspecified atom stereocenters. The number of anilines is 1. The number of hydrogen-bond donors (Lipinski definition) is 2. The molecule has 0 bridgehead atoms. The molecule has 0 aromatic heterocycles. The first-order chi connectivity index (χ1) is 7.47. The van der Waals surface area contributed by atoms with Gasteiger partial charge in [-0.05, 0) is 24.6 Å². The van der Waals surface area contributed by atoms with Crippen LogP contribution in [0.1, 0.15) is 13.3 Å². The van der Waals surface area contributed by atoms with Crippen molar-refractivity contribution in [2.75, 3.05) is 5.73 Å². The first-order valence-corrected chi connectivity index (χ1v) is 6.31. The van der Waals surface area contributed by atoms with Crippen LogP contribution in [0, 0.1) is 0 Å². The van der Waals surface area contributed by atoms with Gasteiger partial charge >= 0.3 is 0 Å². The highest BCUT2D eigenvalue weighted by Gasteiger charge is 2.22. The van der Waals surface area contributed by atoms with Crippen LogP contribution in [0.3, 0.4) is 0 Å². The summed E-state index contributed by atoms with van der Waals surface area (Å²) in [5.74, 6) is -0.575. The molecule has 4 nitrogen and oxygen atoms in total. The minimum absolute atomic E-state index is 0.324. The van der Waals surface area contributed by atoms with Gasteiger partial charge in [0.2, 0.25) is 5.91 Å². The van der Waals surface area contributed by atoms with Gasteiger partial charge in [-0.1, -0.05) is 18.5 Å². The van der Waals surface area contributed by atoms with E-state index in [9.17, 15) is 9.00 Å². The maximum atomic E-state index is 12.0. The molecule has 6 heteroatoms. The summed E-state index contributed by atoms with van der Waals surface area (Å²) in [6.07, 6.45) is 0.421. The van der Waals surface area contributed by atoms with E-state index >= 15 is 0 Å². The lowest BCUT2D eigenvalue weighted by molar-refractivity contribution is -0.117. The Labute approximate surface area is 101 Å². The normalized spacial score (nSPS) is 14.4. The SMILES string of the molecule is CCC(C(N)=O)S(=O)c1ccc(N)c(Cl)c1. The molecule has 0 radical (unpaired) electrons. The molecule has 88 valence electrons. The summed E-state index contributed by atoms with van der Waals surface area (Å²) in [4.78, 5) is 11.5. The van der Waals surface area contributed by atoms with E-state index < -0.39 is 22.0 Å². The van der Waals surface area contributed by atoms with Gasteiger partial charge in [0.15, 0.2) is 0 Å². The minimum Gasteiger partial charge on any atom is -0.398 e. The fraction of sp³-hybridized carbons (Fsp3) is 0.300. The van der Waals surface area contributed by atoms with Gasteiger partial charge in [-0.15, -0.1) is 0 Å². The van der Waals surface area contributed by atoms with E-state index in [1.807, 2.05) is 0 Å². The Kier molecular flexibility index (Phi) is 4.32. The number of amides is 1. The predicted molar refractivity (Wildman–Crippen MR) is 65.5 cm³/mol. The Hall–Kier alpha value is -1.07. The van der Waals surface area contributed by atoms with Gasteiger partial charge in [-0.2, -0.15) is 0 Å². The van der Waals surface area contributed by atoms with E-state index in [4.69, 9.17) is 23.1 Å². The number of rotatable bonds is 4. The molecule has 0 spiro atoms. The minimum atomic E-state index is -1.48. The molecule has 2 atom stereocenters. The molecule has 0 aliphatic rings. The zero-order valence-electron chi connectivity index (χ0n) is 8.77. The summed E-state index contributed by atoms with van der Waals surface area (Å²) in [6.45, 7) is 1.76. The Morgan fingerprint density at radius 2 is 2.19 bits per heavy atom. The third-order valence-corrected chi connectivity index (χ3v) is 4.28. The van der Waals surface area contributed by atoms with Crippen LogP contribution in [0.2, 0.25) is 5.02 Å². The highest BCUT2D eigenvalue weighted by atomic mass is 35.5. The third-order valence-electron chi connectivity index (χ3n) is 2.15. The maximum absolute atomic E-state index is 12.0. The van der Waals surface area contributed by atoms with Crippen LogP contribution < -0.4 is 11.5 Å². The summed E-state index contributed by atoms with van der Waals surface area (Å²) in [7, 11) is -1.48. The number of primary amides is 1. The fourth-order valence-corrected chi connectivity index (χ4v) is 2.78. The Balaban J connectivity index is 3.04. The van der Waals surface area contributed by atoms with Gasteiger partial charge in [-0.25, -0.2) is 0 Å². The smallest absolute Gasteiger partial charge is 0.233 e. The molecule has 0 saturated carbocycles. The number of nitrogen functional groups attached to an aromatic ring is 1. The molecule has 0 fully saturated rings. The Bertz CT molecular complexity index is 437. The van der Waals surface area contributed by atoms with Crippen molar-refractivity contribution in [3.63, 3.8) is 0 Å². The molecular weight excluding hydrogens is 248 g/mol. The number of benzene rings is 1. The number of halogens is 1. The van der Waals surface area contributed by atoms with Crippen molar-refractivity contribution in [3.8, 4) is 0 Å². The predicted octanol–water partition coefficient (Wildman–Crippen LogP) is 1.29. The van der Waals surface area contributed by atoms with Crippen molar-refractivity contribution in [2.45, 2.75) is 23.5 Å². The monoisotopic (exact) mass is 260 g/mol. The Morgan fingerprint density at radius 1 is 1.56 bits per heavy atom. The molecule has 4 N–H and O–H groups in total. The highest BCUT2D eigenvalue weighted by molar-refractivity contribution is 7.86. The van der Waals surface area contributed by atoms with Gasteiger partial charge in [0.1, 0.15) is 5.25 Å². The van der Waals surface area contributed by atoms with E-state index in [1.165, 1.54) is 6.07 Å². The van der Waals surface area contributed by atoms with E-state index in [0.717, 1.165) is 0 Å². The second-order valence-corrected chi connectivity index (χ2v) is 5.32. The van der Waals surface area contributed by atoms with Crippen molar-refractivity contribution in [1.82, 2.24) is 0 Å². The molecule has 1 amide bonds. The molecular formula is C10H13ClN2O2S. The first kappa shape index (κ1) is 13.0. The van der Waals surface area contributed by atoms with Crippen LogP contribution in [0.25, 0.3) is 0 Å². The van der Waals surface area contributed by atoms with Crippen molar-refractivity contribution >= 4 is 34.0 Å². The van der Waals surface area contributed by atoms with Crippen LogP contribution >= 0.6 is 11.6 Å². The fourth-order valence-electron chi connectivity index (χ4n) is 1.26. The second kappa shape index (κ2) is 5.32. The first-order valence-electron chi connectivity index (χ1n) is 4.72. The summed E-state index contributed by atoms with van der Waals surface area (Å²) in [5.41, 5.74) is 11.1. The number of carbonyl (C=O) groups excluding carboxylic acids is 1. The van der Waals surface area contributed by atoms with Crippen LogP contribution in [-0.4, -0.2) is 15.4 Å². The van der Waals surface area contributed by atoms with Gasteiger partial charge in [0.25, 0.3) is 0 Å². The zero-order valence-corrected chi connectivity index (χ0v) is 10.3. The van der Waals surface area contributed by atoms with Crippen LogP contribution in [0.15, 0.2) is 23.1 Å². The van der Waals surface area contributed by atoms with Crippen LogP contribution in [0.4, 0.5) is 5.69 Å². The molecule has 16 heavy (non-hydrogen) atoms. The average Bonchev–Trinajstić information content (AvgIpc) is 2.22. The molecule has 0 aliphatic carbocycles. The summed E-state index contributed by atoms with van der Waals surface area (Å²) >= 11 is 5.81. The summed E-state index contributed by atoms with van der Waals surface area (Å²) in [6, 6.07) is 4.64. The Morgan fingerprint density at radius 3 is 2.62 bits per heavy atom. The third kappa shape index (κ3) is 2.74. The lowest BCUT2D eigenvalue weighted by Crippen LogP contribution is -2.31. The molecule has 0 heterocycles. The number of hydrogen-bond acceptors (Lipinski definition) is 3. The zero-order chi connectivity index (χ0) is 12.3. The number of carbonyl (C=O) groups is 1. The average molecular weight is 261 g/mol. The maximum Gasteiger partial charge on any atom is 0.233 e. The standard InChI is InChI=1S/C10H13ClN2O2S/c1-2-9(10(13)14)16(15)6-3-4-8(12)7(11)5-6/h3-5,9H,2,12H2,1H3,(H2,13,14). The topological polar surface area (TPSA) is 86.2 Å². The van der Waals surface area contributed by atoms with E-state index in [1.54, 1.807) is 19.1 Å². The van der Waals surface area contributed by atoms with Gasteiger partial charge in [0.05, 0.1) is 21.5 Å². The van der Waals surface area contributed by atoms with Gasteiger partial charge in [-0.3, -0.25) is 9.00 Å². The molecule has 1 aromatic carbocycles. The molecule has 1 rings (SSSR count). The summed E-state index contributed by atoms with van der Waals surface area (Å²) in [5, 5.41) is -0.370. The molecule has 0 saturated heterocycles. The number of nitrogens with two attached hydrogens (primary N) is 2. The lowest BCUT2D eigenvalue weighted by Gasteiger charge is -2.11. The summed E-state index contributed by atoms with van der Waals surface area (Å²) < 4.78 is 12.0. The van der Waals surface area contributed by atoms with Crippen molar-refractivity contribution in [1.29, 1.82) is 0 Å². The van der Waals surface area contributed by atoms with E-state index in [-0.39, 0.29) is 0 Å². The van der Waals surface area contributed by atoms with Crippen molar-refractivity contribution in [3.05, 3.63) is 23.2 Å². The van der Waals surface area contributed by atoms with Crippen molar-refractivity contribution < 1.29 is 9.00 Å². The van der Waals surface area contributed by atoms with Gasteiger partial charge in [0, 0.05) is 4.90 Å². The quantitative estimate of drug-likeness (QED) is 0.800. The van der Waals surface area contributed by atoms with Gasteiger partial charge < -0.3 is 11.5 Å². The second-order valence-electron chi connectivity index (χ2n) is 3.28. The molecule has 1 aromatic rings. The van der Waals surface area contributed by atoms with Crippen LogP contribution in [-0.2, 0) is 15.6 Å². The van der Waals surface area contributed by atoms with E-state index in [2.05, 4.69) is 0 Å². The van der Waals surface area contributed by atoms with Crippen molar-refractivity contribution in [2.24, 2.45) is 5.73 Å². The molecule has 0 aliphatic heterocycles.